The van der Waals surface area contributed by atoms with Crippen molar-refractivity contribution in [3.63, 3.8) is 0 Å². The topological polar surface area (TPSA) is 225 Å². The summed E-state index contributed by atoms with van der Waals surface area (Å²) in [7, 11) is 4.00. The summed E-state index contributed by atoms with van der Waals surface area (Å²) < 4.78 is 0.544. The number of nitrogen functional groups attached to an aromatic ring is 1. The van der Waals surface area contributed by atoms with Crippen LogP contribution in [0.5, 0.6) is 11.5 Å². The maximum Gasteiger partial charge on any atom is 0.352 e. The monoisotopic (exact) mass is 675 g/mol. The van der Waals surface area contributed by atoms with Crippen molar-refractivity contribution < 1.29 is 48.9 Å². The van der Waals surface area contributed by atoms with Crippen LogP contribution in [0.4, 0.5) is 5.13 Å². The highest BCUT2D eigenvalue weighted by Crippen LogP contribution is 2.40. The fourth-order valence-corrected chi connectivity index (χ4v) is 6.37. The summed E-state index contributed by atoms with van der Waals surface area (Å²) in [5.41, 5.74) is 4.68. The molecular weight excluding hydrogens is 640 g/mol. The van der Waals surface area contributed by atoms with Crippen molar-refractivity contribution in [2.45, 2.75) is 37.3 Å². The third-order valence-corrected chi connectivity index (χ3v) is 9.29. The molecule has 3 heterocycles. The number of phenols is 2. The second-order valence-electron chi connectivity index (χ2n) is 11.8. The number of aromatic nitrogens is 1. The maximum atomic E-state index is 13.3. The maximum absolute atomic E-state index is 13.3. The molecule has 0 saturated carbocycles. The number of nitrogens with one attached hydrogen (secondary N) is 1. The number of β-lactam (4-membered cyclic amide) rings is 1. The smallest absolute Gasteiger partial charge is 0.352 e. The summed E-state index contributed by atoms with van der Waals surface area (Å²) in [6, 6.07) is 3.61. The molecule has 2 unspecified atom stereocenters. The molecule has 0 radical (unpaired) electrons. The standard InChI is InChI=1S/C29H34N6O9S2/c1-29(2,27(42)43)44-33-20(17-14-46-28(30)31-17)23(38)32-21-24(39)34-22(26(40)41)16(13-45-25(21)34)6-5-10-35(3,4)11-9-15-7-8-18(36)19(37)12-15/h5-8,12,14,21,25H,9-11,13H2,1-4H3,(H6-,30,31,32,33,36,37,38,40,41,42,43)/p+1/b6-5+. The Labute approximate surface area is 272 Å². The number of carbonyl (C=O) groups is 4. The second-order valence-corrected chi connectivity index (χ2v) is 13.8. The van der Waals surface area contributed by atoms with Gasteiger partial charge in [-0.1, -0.05) is 17.3 Å². The third kappa shape index (κ3) is 7.60. The number of likely N-dealkylation sites (N-methyl/N-ethyl adjacent to an activating group) is 1. The number of carboxylic acids is 2. The van der Waals surface area contributed by atoms with Gasteiger partial charge in [-0.2, -0.15) is 0 Å². The van der Waals surface area contributed by atoms with Gasteiger partial charge in [0.25, 0.3) is 11.8 Å². The normalized spacial score (nSPS) is 18.7. The number of hydrogen-bond donors (Lipinski definition) is 6. The van der Waals surface area contributed by atoms with Crippen molar-refractivity contribution >= 4 is 57.7 Å². The van der Waals surface area contributed by atoms with Gasteiger partial charge >= 0.3 is 11.9 Å². The number of rotatable bonds is 13. The number of amides is 2. The minimum absolute atomic E-state index is 0.0159. The molecule has 4 rings (SSSR count). The number of anilines is 1. The Morgan fingerprint density at radius 2 is 1.96 bits per heavy atom. The number of hydrogen-bond acceptors (Lipinski definition) is 12. The number of allylic oxidation sites excluding steroid dienone is 1. The zero-order valence-corrected chi connectivity index (χ0v) is 27.1. The summed E-state index contributed by atoms with van der Waals surface area (Å²) in [6.07, 6.45) is 4.17. The molecule has 0 bridgehead atoms. The molecule has 1 aromatic carbocycles. The van der Waals surface area contributed by atoms with Crippen LogP contribution in [-0.2, 0) is 30.4 Å². The van der Waals surface area contributed by atoms with E-state index >= 15 is 0 Å². The molecule has 2 amide bonds. The number of nitrogens with zero attached hydrogens (tertiary/aromatic N) is 4. The zero-order valence-electron chi connectivity index (χ0n) is 25.5. The van der Waals surface area contributed by atoms with Crippen molar-refractivity contribution in [2.75, 3.05) is 38.7 Å². The first-order valence-corrected chi connectivity index (χ1v) is 15.9. The molecule has 246 valence electrons. The summed E-state index contributed by atoms with van der Waals surface area (Å²) in [5.74, 6) is -4.22. The van der Waals surface area contributed by atoms with Crippen LogP contribution in [-0.4, -0.2) is 114 Å². The molecule has 2 atom stereocenters. The highest BCUT2D eigenvalue weighted by Gasteiger charge is 2.54. The molecule has 1 aromatic heterocycles. The SMILES string of the molecule is CC(C)(O/N=C(\C(=O)NC1C(=O)N2C(C(=O)O)=C(/C=C/C[N+](C)(C)CCc3ccc(O)c(O)c3)CSC12)c1csc(N)n1)C(=O)O. The van der Waals surface area contributed by atoms with Crippen molar-refractivity contribution in [3.8, 4) is 11.5 Å². The van der Waals surface area contributed by atoms with Crippen molar-refractivity contribution in [2.24, 2.45) is 5.16 Å². The number of aliphatic carboxylic acids is 2. The zero-order chi connectivity index (χ0) is 34.0. The van der Waals surface area contributed by atoms with Crippen LogP contribution < -0.4 is 11.1 Å². The predicted octanol–water partition coefficient (Wildman–Crippen LogP) is 1.33. The Balaban J connectivity index is 1.45. The first-order valence-electron chi connectivity index (χ1n) is 13.9. The lowest BCUT2D eigenvalue weighted by atomic mass is 10.0. The Morgan fingerprint density at radius 3 is 2.57 bits per heavy atom. The van der Waals surface area contributed by atoms with Gasteiger partial charge in [-0.3, -0.25) is 14.5 Å². The molecule has 2 aromatic rings. The average Bonchev–Trinajstić information content (AvgIpc) is 3.41. The quantitative estimate of drug-likeness (QED) is 0.0582. The molecule has 1 fully saturated rings. The van der Waals surface area contributed by atoms with Crippen LogP contribution in [0.15, 0.2) is 52.2 Å². The molecule has 0 aliphatic carbocycles. The van der Waals surface area contributed by atoms with Crippen molar-refractivity contribution in [3.05, 3.63) is 58.3 Å². The number of thioether (sulfide) groups is 1. The molecular formula is C29H35N6O9S2+. The number of thiazole rings is 1. The summed E-state index contributed by atoms with van der Waals surface area (Å²) in [5, 5.41) is 45.8. The van der Waals surface area contributed by atoms with Gasteiger partial charge in [0, 0.05) is 17.6 Å². The van der Waals surface area contributed by atoms with E-state index in [0.717, 1.165) is 21.8 Å². The number of nitrogens with two attached hydrogens (primary N) is 1. The molecule has 1 saturated heterocycles. The average molecular weight is 676 g/mol. The number of oxime groups is 1. The lowest BCUT2D eigenvalue weighted by molar-refractivity contribution is -0.884. The predicted molar refractivity (Wildman–Crippen MR) is 170 cm³/mol. The highest BCUT2D eigenvalue weighted by molar-refractivity contribution is 8.00. The van der Waals surface area contributed by atoms with Crippen LogP contribution in [0.2, 0.25) is 0 Å². The van der Waals surface area contributed by atoms with Gasteiger partial charge in [-0.15, -0.1) is 23.1 Å². The van der Waals surface area contributed by atoms with Crippen molar-refractivity contribution in [1.82, 2.24) is 15.2 Å². The Kier molecular flexibility index (Phi) is 9.98. The number of benzene rings is 1. The van der Waals surface area contributed by atoms with Gasteiger partial charge < -0.3 is 40.8 Å². The Bertz CT molecular complexity index is 1650. The van der Waals surface area contributed by atoms with E-state index in [1.165, 1.54) is 43.1 Å². The first kappa shape index (κ1) is 34.3. The Hall–Kier alpha value is -4.61. The number of fused-ring (bicyclic) bond motifs is 1. The lowest BCUT2D eigenvalue weighted by Gasteiger charge is -2.49. The van der Waals surface area contributed by atoms with Gasteiger partial charge in [0.15, 0.2) is 22.3 Å². The molecule has 0 spiro atoms. The minimum Gasteiger partial charge on any atom is -0.504 e. The van der Waals surface area contributed by atoms with E-state index in [4.69, 9.17) is 10.6 Å². The van der Waals surface area contributed by atoms with Gasteiger partial charge in [0.1, 0.15) is 22.8 Å². The van der Waals surface area contributed by atoms with Gasteiger partial charge in [0.05, 0.1) is 27.2 Å². The molecule has 46 heavy (non-hydrogen) atoms. The Morgan fingerprint density at radius 1 is 1.24 bits per heavy atom. The highest BCUT2D eigenvalue weighted by atomic mass is 32.2. The number of carbonyl (C=O) groups excluding carboxylic acids is 2. The lowest BCUT2D eigenvalue weighted by Crippen LogP contribution is -2.71. The van der Waals surface area contributed by atoms with E-state index in [1.54, 1.807) is 12.1 Å². The van der Waals surface area contributed by atoms with Crippen molar-refractivity contribution in [1.29, 1.82) is 0 Å². The summed E-state index contributed by atoms with van der Waals surface area (Å²) >= 11 is 2.30. The second kappa shape index (κ2) is 13.4. The van der Waals surface area contributed by atoms with Gasteiger partial charge in [0.2, 0.25) is 5.60 Å². The molecule has 2 aliphatic rings. The number of aromatic hydroxyl groups is 2. The fraction of sp³-hybridized carbons (Fsp3) is 0.379. The number of carboxylic acid groups (broad SMARTS) is 2. The third-order valence-electron chi connectivity index (χ3n) is 7.31. The summed E-state index contributed by atoms with van der Waals surface area (Å²) in [6.45, 7) is 3.72. The van der Waals surface area contributed by atoms with Gasteiger partial charge in [-0.05, 0) is 43.2 Å². The molecule has 15 nitrogen and oxygen atoms in total. The van der Waals surface area contributed by atoms with Gasteiger partial charge in [-0.25, -0.2) is 14.6 Å². The molecule has 17 heteroatoms. The largest absolute Gasteiger partial charge is 0.504 e. The van der Waals surface area contributed by atoms with E-state index in [9.17, 15) is 39.6 Å². The van der Waals surface area contributed by atoms with E-state index in [-0.39, 0.29) is 33.8 Å². The number of quaternary nitrogens is 1. The van der Waals surface area contributed by atoms with E-state index < -0.39 is 46.5 Å². The molecule has 2 aliphatic heterocycles. The van der Waals surface area contributed by atoms with E-state index in [0.29, 0.717) is 29.6 Å². The minimum atomic E-state index is -1.77. The number of phenolic OH excluding ortho intramolecular Hbond substituents is 2. The van der Waals surface area contributed by atoms with Crippen LogP contribution in [0, 0.1) is 0 Å². The summed E-state index contributed by atoms with van der Waals surface area (Å²) in [4.78, 5) is 60.5. The van der Waals surface area contributed by atoms with E-state index in [1.807, 2.05) is 20.2 Å². The molecule has 7 N–H and O–H groups in total. The fourth-order valence-electron chi connectivity index (χ4n) is 4.51. The van der Waals surface area contributed by atoms with Crippen LogP contribution in [0.25, 0.3) is 0 Å². The van der Waals surface area contributed by atoms with Crippen LogP contribution in [0.1, 0.15) is 25.1 Å². The van der Waals surface area contributed by atoms with Crippen LogP contribution >= 0.6 is 23.1 Å². The van der Waals surface area contributed by atoms with Crippen LogP contribution in [0.3, 0.4) is 0 Å². The first-order chi connectivity index (χ1) is 21.5. The van der Waals surface area contributed by atoms with E-state index in [2.05, 4.69) is 15.5 Å².